The van der Waals surface area contributed by atoms with E-state index < -0.39 is 30.6 Å². The average molecular weight is 555 g/mol. The summed E-state index contributed by atoms with van der Waals surface area (Å²) < 4.78 is 21.0. The summed E-state index contributed by atoms with van der Waals surface area (Å²) in [5, 5.41) is 0. The second-order valence-electron chi connectivity index (χ2n) is 5.61. The zero-order valence-corrected chi connectivity index (χ0v) is 25.3. The fourth-order valence-corrected chi connectivity index (χ4v) is 4.45. The molecule has 30 heavy (non-hydrogen) atoms. The zero-order chi connectivity index (χ0) is 25.7. The fraction of sp³-hybridized carbons (Fsp3) is 1.00. The molecule has 0 saturated carbocycles. The van der Waals surface area contributed by atoms with Gasteiger partial charge in [-0.15, -0.1) is 0 Å². The monoisotopic (exact) mass is 554 g/mol. The number of rotatable bonds is 8. The van der Waals surface area contributed by atoms with Gasteiger partial charge in [0, 0.05) is 28.4 Å². The normalized spacial score (nSPS) is 11.3. The summed E-state index contributed by atoms with van der Waals surface area (Å²) in [6.07, 6.45) is 2.29. The Morgan fingerprint density at radius 2 is 0.733 bits per heavy atom. The summed E-state index contributed by atoms with van der Waals surface area (Å²) >= 11 is 7.21. The standard InChI is InChI=1S/2C6H16O2Si.C2H6.2H3O3PS/c2*1-5-6-9(4,7-2)8-3;1-2;2*1-4(2,3)5/h2*5-6H2,1-4H3;1-2H3;2*(H3,1,2,3,5). The molecule has 0 atom stereocenters. The van der Waals surface area contributed by atoms with Crippen molar-refractivity contribution in [3.63, 3.8) is 0 Å². The summed E-state index contributed by atoms with van der Waals surface area (Å²) in [4.78, 5) is 45.3. The lowest BCUT2D eigenvalue weighted by molar-refractivity contribution is 0.248. The van der Waals surface area contributed by atoms with E-state index in [2.05, 4.69) is 50.6 Å². The van der Waals surface area contributed by atoms with Crippen molar-refractivity contribution in [1.82, 2.24) is 0 Å². The third-order valence-electron chi connectivity index (χ3n) is 3.14. The van der Waals surface area contributed by atoms with E-state index in [4.69, 9.17) is 47.1 Å². The van der Waals surface area contributed by atoms with E-state index in [1.54, 1.807) is 28.4 Å². The van der Waals surface area contributed by atoms with Crippen molar-refractivity contribution < 1.29 is 47.1 Å². The predicted octanol–water partition coefficient (Wildman–Crippen LogP) is 2.92. The van der Waals surface area contributed by atoms with Crippen LogP contribution in [0.4, 0.5) is 0 Å². The Bertz CT molecular complexity index is 388. The van der Waals surface area contributed by atoms with Crippen molar-refractivity contribution in [2.75, 3.05) is 28.4 Å². The largest absolute Gasteiger partial charge is 0.398 e. The molecule has 0 bridgehead atoms. The molecule has 6 N–H and O–H groups in total. The van der Waals surface area contributed by atoms with Gasteiger partial charge < -0.3 is 47.1 Å². The van der Waals surface area contributed by atoms with Gasteiger partial charge in [0.2, 0.25) is 0 Å². The minimum absolute atomic E-state index is 1.08. The van der Waals surface area contributed by atoms with Gasteiger partial charge in [0.05, 0.1) is 0 Å². The van der Waals surface area contributed by atoms with Crippen LogP contribution in [0.15, 0.2) is 0 Å². The van der Waals surface area contributed by atoms with Crippen molar-refractivity contribution in [1.29, 1.82) is 0 Å². The molecule has 0 spiro atoms. The summed E-state index contributed by atoms with van der Waals surface area (Å²) in [6.45, 7) is 4.83. The smallest absolute Gasteiger partial charge is 0.334 e. The van der Waals surface area contributed by atoms with Crippen LogP contribution in [0, 0.1) is 0 Å². The Morgan fingerprint density at radius 1 is 0.600 bits per heavy atom. The average Bonchev–Trinajstić information content (AvgIpc) is 2.61. The molecule has 0 aliphatic rings. The summed E-state index contributed by atoms with van der Waals surface area (Å²) in [5.41, 5.74) is 0. The topological polar surface area (TPSA) is 158 Å². The molecule has 0 aromatic heterocycles. The van der Waals surface area contributed by atoms with Gasteiger partial charge in [-0.05, 0) is 48.8 Å². The molecule has 0 aliphatic carbocycles. The third-order valence-corrected chi connectivity index (χ3v) is 9.41. The highest BCUT2D eigenvalue weighted by atomic mass is 32.5. The van der Waals surface area contributed by atoms with Crippen LogP contribution in [0.2, 0.25) is 25.2 Å². The van der Waals surface area contributed by atoms with Crippen LogP contribution in [0.3, 0.4) is 0 Å². The van der Waals surface area contributed by atoms with E-state index in [-0.39, 0.29) is 0 Å². The van der Waals surface area contributed by atoms with Crippen LogP contribution in [-0.4, -0.2) is 74.9 Å². The van der Waals surface area contributed by atoms with E-state index in [0.717, 1.165) is 24.9 Å². The molecular formula is C14H44O10P2S2Si2. The summed E-state index contributed by atoms with van der Waals surface area (Å²) in [6, 6.07) is 2.17. The molecule has 0 saturated heterocycles. The molecule has 0 aromatic carbocycles. The van der Waals surface area contributed by atoms with Gasteiger partial charge in [-0.1, -0.05) is 40.5 Å². The van der Waals surface area contributed by atoms with Gasteiger partial charge in [0.15, 0.2) is 0 Å². The SMILES string of the molecule is CC.CCC[Si](C)(OC)OC.CCC[Si](C)(OC)OC.OP(O)(O)=S.OP(O)(O)=S. The summed E-state index contributed by atoms with van der Waals surface area (Å²) in [5.74, 6) is 0. The quantitative estimate of drug-likeness (QED) is 0.193. The maximum Gasteiger partial charge on any atom is 0.334 e. The molecule has 10 nitrogen and oxygen atoms in total. The first-order valence-corrected chi connectivity index (χ1v) is 19.5. The van der Waals surface area contributed by atoms with E-state index in [1.807, 2.05) is 13.8 Å². The molecule has 16 heteroatoms. The van der Waals surface area contributed by atoms with Crippen molar-refractivity contribution in [3.8, 4) is 0 Å². The van der Waals surface area contributed by atoms with Crippen LogP contribution in [0.1, 0.15) is 40.5 Å². The highest BCUT2D eigenvalue weighted by Gasteiger charge is 2.27. The molecule has 0 radical (unpaired) electrons. The van der Waals surface area contributed by atoms with Crippen molar-refractivity contribution in [2.45, 2.75) is 65.7 Å². The molecule has 0 amide bonds. The second kappa shape index (κ2) is 23.5. The Kier molecular flexibility index (Phi) is 32.6. The highest BCUT2D eigenvalue weighted by Crippen LogP contribution is 2.27. The van der Waals surface area contributed by atoms with E-state index in [0.29, 0.717) is 0 Å². The van der Waals surface area contributed by atoms with Gasteiger partial charge >= 0.3 is 30.6 Å². The molecule has 0 heterocycles. The van der Waals surface area contributed by atoms with Crippen LogP contribution in [0.25, 0.3) is 0 Å². The van der Waals surface area contributed by atoms with E-state index in [9.17, 15) is 0 Å². The first-order chi connectivity index (χ1) is 13.4. The van der Waals surface area contributed by atoms with Crippen LogP contribution in [-0.2, 0) is 41.3 Å². The van der Waals surface area contributed by atoms with Gasteiger partial charge in [-0.2, -0.15) is 0 Å². The maximum absolute atomic E-state index is 7.56. The van der Waals surface area contributed by atoms with E-state index in [1.165, 1.54) is 0 Å². The lowest BCUT2D eigenvalue weighted by Gasteiger charge is -2.21. The molecule has 0 aliphatic heterocycles. The minimum atomic E-state index is -3.81. The number of hydrogen-bond donors (Lipinski definition) is 6. The van der Waals surface area contributed by atoms with Crippen LogP contribution < -0.4 is 0 Å². The third kappa shape index (κ3) is 51.7. The van der Waals surface area contributed by atoms with Crippen molar-refractivity contribution in [3.05, 3.63) is 0 Å². The fourth-order valence-electron chi connectivity index (χ4n) is 1.48. The molecular weight excluding hydrogens is 510 g/mol. The van der Waals surface area contributed by atoms with Gasteiger partial charge in [0.25, 0.3) is 0 Å². The first kappa shape index (κ1) is 41.6. The predicted molar refractivity (Wildman–Crippen MR) is 135 cm³/mol. The van der Waals surface area contributed by atoms with Crippen molar-refractivity contribution >= 4 is 54.2 Å². The Hall–Kier alpha value is 1.33. The minimum Gasteiger partial charge on any atom is -0.398 e. The Labute approximate surface area is 195 Å². The molecule has 0 aromatic rings. The summed E-state index contributed by atoms with van der Waals surface area (Å²) in [7, 11) is 3.52. The zero-order valence-electron chi connectivity index (χ0n) is 19.9. The van der Waals surface area contributed by atoms with Gasteiger partial charge in [-0.25, -0.2) is 0 Å². The molecule has 0 unspecified atom stereocenters. The van der Waals surface area contributed by atoms with Crippen molar-refractivity contribution in [2.24, 2.45) is 0 Å². The van der Waals surface area contributed by atoms with Crippen LogP contribution >= 0.6 is 13.4 Å². The maximum atomic E-state index is 7.56. The second-order valence-corrected chi connectivity index (χ2v) is 17.8. The first-order valence-electron chi connectivity index (χ1n) is 9.14. The molecule has 190 valence electrons. The lowest BCUT2D eigenvalue weighted by Crippen LogP contribution is -2.35. The van der Waals surface area contributed by atoms with Crippen LogP contribution in [0.5, 0.6) is 0 Å². The van der Waals surface area contributed by atoms with Gasteiger partial charge in [0.1, 0.15) is 0 Å². The Morgan fingerprint density at radius 3 is 0.767 bits per heavy atom. The lowest BCUT2D eigenvalue weighted by atomic mass is 10.6. The molecule has 0 fully saturated rings. The molecule has 0 rings (SSSR count). The van der Waals surface area contributed by atoms with E-state index >= 15 is 0 Å². The number of hydrogen-bond acceptors (Lipinski definition) is 6. The highest BCUT2D eigenvalue weighted by molar-refractivity contribution is 8.06. The van der Waals surface area contributed by atoms with Gasteiger partial charge in [-0.3, -0.25) is 0 Å². The Balaban J connectivity index is -0.0000000931.